The second kappa shape index (κ2) is 3.57. The Morgan fingerprint density at radius 2 is 1.89 bits per heavy atom. The molecule has 2 aliphatic heterocycles. The smallest absolute Gasteiger partial charge is 0.305 e. The number of hydrogen-bond donors (Lipinski definition) is 0. The summed E-state index contributed by atoms with van der Waals surface area (Å²) < 4.78 is 0. The number of rotatable bonds is 1. The van der Waals surface area contributed by atoms with Gasteiger partial charge in [-0.15, -0.1) is 0 Å². The zero-order valence-electron chi connectivity index (χ0n) is 10.6. The molecule has 2 fully saturated rings. The van der Waals surface area contributed by atoms with Gasteiger partial charge in [0.25, 0.3) is 5.91 Å². The van der Waals surface area contributed by atoms with Crippen molar-refractivity contribution >= 4 is 11.9 Å². The molecule has 1 aromatic carbocycles. The number of urea groups is 1. The van der Waals surface area contributed by atoms with Gasteiger partial charge in [-0.05, 0) is 17.9 Å². The van der Waals surface area contributed by atoms with Gasteiger partial charge < -0.3 is 4.90 Å². The van der Waals surface area contributed by atoms with Crippen molar-refractivity contribution in [2.24, 2.45) is 5.92 Å². The van der Waals surface area contributed by atoms with E-state index < -0.39 is 5.54 Å². The van der Waals surface area contributed by atoms with E-state index in [0.717, 1.165) is 12.0 Å². The van der Waals surface area contributed by atoms with Crippen LogP contribution in [-0.2, 0) is 10.3 Å². The van der Waals surface area contributed by atoms with Crippen molar-refractivity contribution < 1.29 is 9.59 Å². The van der Waals surface area contributed by atoms with Gasteiger partial charge in [0.15, 0.2) is 5.54 Å². The van der Waals surface area contributed by atoms with Crippen molar-refractivity contribution in [2.75, 3.05) is 13.6 Å². The van der Waals surface area contributed by atoms with Gasteiger partial charge in [0.1, 0.15) is 0 Å². The maximum atomic E-state index is 12.6. The van der Waals surface area contributed by atoms with E-state index in [1.165, 1.54) is 4.90 Å². The predicted molar refractivity (Wildman–Crippen MR) is 66.8 cm³/mol. The van der Waals surface area contributed by atoms with Crippen molar-refractivity contribution in [1.29, 1.82) is 0 Å². The standard InChI is InChI=1S/C14H16N2O2/c1-10-8-9-16-13(18)15(2)12(17)14(10,16)11-6-4-3-5-7-11/h3-7,10H,8-9H2,1-2H3/t10-,14-/m0/s1. The lowest BCUT2D eigenvalue weighted by Crippen LogP contribution is -2.45. The quantitative estimate of drug-likeness (QED) is 0.707. The Hall–Kier alpha value is -1.84. The maximum absolute atomic E-state index is 12.6. The Morgan fingerprint density at radius 1 is 1.22 bits per heavy atom. The molecule has 0 radical (unpaired) electrons. The highest BCUT2D eigenvalue weighted by Crippen LogP contribution is 2.48. The molecule has 0 aliphatic carbocycles. The van der Waals surface area contributed by atoms with Crippen LogP contribution in [0.1, 0.15) is 18.9 Å². The van der Waals surface area contributed by atoms with Crippen molar-refractivity contribution in [1.82, 2.24) is 9.80 Å². The molecule has 2 saturated heterocycles. The van der Waals surface area contributed by atoms with E-state index in [1.807, 2.05) is 30.3 Å². The molecule has 94 valence electrons. The first-order chi connectivity index (χ1) is 8.60. The van der Waals surface area contributed by atoms with Gasteiger partial charge in [-0.3, -0.25) is 9.69 Å². The minimum Gasteiger partial charge on any atom is -0.305 e. The van der Waals surface area contributed by atoms with Crippen molar-refractivity contribution in [3.63, 3.8) is 0 Å². The average Bonchev–Trinajstić information content (AvgIpc) is 2.83. The number of hydrogen-bond acceptors (Lipinski definition) is 2. The molecule has 0 aromatic heterocycles. The van der Waals surface area contributed by atoms with E-state index in [4.69, 9.17) is 0 Å². The van der Waals surface area contributed by atoms with Crippen LogP contribution in [0.4, 0.5) is 4.79 Å². The molecule has 18 heavy (non-hydrogen) atoms. The van der Waals surface area contributed by atoms with Crippen LogP contribution in [0.2, 0.25) is 0 Å². The van der Waals surface area contributed by atoms with E-state index in [-0.39, 0.29) is 17.9 Å². The first-order valence-corrected chi connectivity index (χ1v) is 6.25. The number of likely N-dealkylation sites (N-methyl/N-ethyl adjacent to an activating group) is 1. The molecule has 2 aliphatic rings. The summed E-state index contributed by atoms with van der Waals surface area (Å²) in [5, 5.41) is 0. The molecular weight excluding hydrogens is 228 g/mol. The molecule has 4 heteroatoms. The monoisotopic (exact) mass is 244 g/mol. The summed E-state index contributed by atoms with van der Waals surface area (Å²) in [5.41, 5.74) is 0.158. The summed E-state index contributed by atoms with van der Waals surface area (Å²) in [6.07, 6.45) is 0.875. The average molecular weight is 244 g/mol. The van der Waals surface area contributed by atoms with Crippen LogP contribution in [0.3, 0.4) is 0 Å². The molecule has 3 amide bonds. The number of amides is 3. The molecule has 3 rings (SSSR count). The first kappa shape index (κ1) is 11.3. The van der Waals surface area contributed by atoms with Crippen LogP contribution in [0.15, 0.2) is 30.3 Å². The summed E-state index contributed by atoms with van der Waals surface area (Å²) in [4.78, 5) is 27.7. The fourth-order valence-electron chi connectivity index (χ4n) is 3.33. The minimum absolute atomic E-state index is 0.0938. The van der Waals surface area contributed by atoms with Gasteiger partial charge in [-0.1, -0.05) is 37.3 Å². The Bertz CT molecular complexity index is 514. The highest BCUT2D eigenvalue weighted by molar-refractivity contribution is 6.07. The fourth-order valence-corrected chi connectivity index (χ4v) is 3.33. The van der Waals surface area contributed by atoms with Crippen molar-refractivity contribution in [2.45, 2.75) is 18.9 Å². The van der Waals surface area contributed by atoms with Gasteiger partial charge in [-0.2, -0.15) is 0 Å². The number of carbonyl (C=O) groups excluding carboxylic acids is 2. The normalized spacial score (nSPS) is 31.1. The lowest BCUT2D eigenvalue weighted by atomic mass is 9.79. The Morgan fingerprint density at radius 3 is 2.56 bits per heavy atom. The second-order valence-electron chi connectivity index (χ2n) is 5.12. The highest BCUT2D eigenvalue weighted by Gasteiger charge is 2.62. The predicted octanol–water partition coefficient (Wildman–Crippen LogP) is 1.82. The van der Waals surface area contributed by atoms with Crippen LogP contribution < -0.4 is 0 Å². The van der Waals surface area contributed by atoms with E-state index in [1.54, 1.807) is 11.9 Å². The topological polar surface area (TPSA) is 40.6 Å². The van der Waals surface area contributed by atoms with Crippen LogP contribution >= 0.6 is 0 Å². The Labute approximate surface area is 106 Å². The van der Waals surface area contributed by atoms with Crippen LogP contribution in [-0.4, -0.2) is 35.3 Å². The third-order valence-corrected chi connectivity index (χ3v) is 4.29. The minimum atomic E-state index is -0.771. The number of imide groups is 1. The first-order valence-electron chi connectivity index (χ1n) is 6.25. The van der Waals surface area contributed by atoms with E-state index in [9.17, 15) is 9.59 Å². The molecule has 0 bridgehead atoms. The van der Waals surface area contributed by atoms with Crippen LogP contribution in [0.5, 0.6) is 0 Å². The molecule has 1 aromatic rings. The molecular formula is C14H16N2O2. The van der Waals surface area contributed by atoms with E-state index >= 15 is 0 Å². The number of benzene rings is 1. The molecule has 0 N–H and O–H groups in total. The summed E-state index contributed by atoms with van der Waals surface area (Å²) in [7, 11) is 1.57. The lowest BCUT2D eigenvalue weighted by molar-refractivity contribution is -0.133. The third-order valence-electron chi connectivity index (χ3n) is 4.29. The maximum Gasteiger partial charge on any atom is 0.327 e. The van der Waals surface area contributed by atoms with Crippen LogP contribution in [0, 0.1) is 5.92 Å². The molecule has 0 spiro atoms. The largest absolute Gasteiger partial charge is 0.327 e. The summed E-state index contributed by atoms with van der Waals surface area (Å²) >= 11 is 0. The molecule has 0 unspecified atom stereocenters. The molecule has 4 nitrogen and oxygen atoms in total. The van der Waals surface area contributed by atoms with Gasteiger partial charge in [0.05, 0.1) is 0 Å². The second-order valence-corrected chi connectivity index (χ2v) is 5.12. The van der Waals surface area contributed by atoms with E-state index in [2.05, 4.69) is 6.92 Å². The van der Waals surface area contributed by atoms with Crippen LogP contribution in [0.25, 0.3) is 0 Å². The zero-order valence-corrected chi connectivity index (χ0v) is 10.6. The molecule has 0 saturated carbocycles. The third kappa shape index (κ3) is 1.10. The van der Waals surface area contributed by atoms with Gasteiger partial charge in [0, 0.05) is 13.6 Å². The lowest BCUT2D eigenvalue weighted by Gasteiger charge is -2.32. The van der Waals surface area contributed by atoms with Gasteiger partial charge >= 0.3 is 6.03 Å². The van der Waals surface area contributed by atoms with Crippen molar-refractivity contribution in [3.05, 3.63) is 35.9 Å². The summed E-state index contributed by atoms with van der Waals surface area (Å²) in [5.74, 6) is 0.0602. The zero-order chi connectivity index (χ0) is 12.9. The number of fused-ring (bicyclic) bond motifs is 1. The fraction of sp³-hybridized carbons (Fsp3) is 0.429. The molecule has 2 heterocycles. The van der Waals surface area contributed by atoms with Crippen molar-refractivity contribution in [3.8, 4) is 0 Å². The van der Waals surface area contributed by atoms with E-state index in [0.29, 0.717) is 6.54 Å². The summed E-state index contributed by atoms with van der Waals surface area (Å²) in [6.45, 7) is 2.71. The number of nitrogens with zero attached hydrogens (tertiary/aromatic N) is 2. The Kier molecular flexibility index (Phi) is 2.24. The Balaban J connectivity index is 2.22. The summed E-state index contributed by atoms with van der Waals surface area (Å²) in [6, 6.07) is 9.48. The van der Waals surface area contributed by atoms with Gasteiger partial charge in [-0.25, -0.2) is 4.79 Å². The SMILES string of the molecule is C[C@H]1CCN2C(=O)N(C)C(=O)[C@@]12c1ccccc1. The number of carbonyl (C=O) groups is 2. The molecule has 2 atom stereocenters. The highest BCUT2D eigenvalue weighted by atomic mass is 16.2. The van der Waals surface area contributed by atoms with Gasteiger partial charge in [0.2, 0.25) is 0 Å².